The fourth-order valence-electron chi connectivity index (χ4n) is 2.05. The molecule has 0 aliphatic rings. The highest BCUT2D eigenvalue weighted by atomic mass is 35.5. The zero-order valence-corrected chi connectivity index (χ0v) is 12.2. The van der Waals surface area contributed by atoms with Crippen molar-refractivity contribution in [3.8, 4) is 34.0 Å². The van der Waals surface area contributed by atoms with Crippen LogP contribution in [0.5, 0.6) is 11.5 Å². The first-order valence-electron chi connectivity index (χ1n) is 6.08. The maximum Gasteiger partial charge on any atom is 0.118 e. The third-order valence-electron chi connectivity index (χ3n) is 3.04. The fourth-order valence-corrected chi connectivity index (χ4v) is 2.73. The summed E-state index contributed by atoms with van der Waals surface area (Å²) in [5, 5.41) is 26.5. The van der Waals surface area contributed by atoms with Gasteiger partial charge in [0.2, 0.25) is 0 Å². The molecule has 0 bridgehead atoms. The van der Waals surface area contributed by atoms with Crippen molar-refractivity contribution in [3.05, 3.63) is 52.5 Å². The lowest BCUT2D eigenvalue weighted by Gasteiger charge is -2.05. The van der Waals surface area contributed by atoms with E-state index in [1.807, 2.05) is 0 Å². The molecule has 0 saturated carbocycles. The first-order chi connectivity index (χ1) is 10.0. The van der Waals surface area contributed by atoms with Gasteiger partial charge in [0.1, 0.15) is 11.5 Å². The first-order valence-corrected chi connectivity index (χ1v) is 6.83. The molecule has 3 N–H and O–H groups in total. The molecule has 6 heteroatoms. The second-order valence-electron chi connectivity index (χ2n) is 4.50. The molecule has 106 valence electrons. The SMILES string of the molecule is Oc1ccc(-c2cc(-c3c(Cl)cc(O)cc3Cl)[nH]n2)cc1. The second kappa shape index (κ2) is 5.31. The van der Waals surface area contributed by atoms with E-state index >= 15 is 0 Å². The van der Waals surface area contributed by atoms with Crippen molar-refractivity contribution in [2.45, 2.75) is 0 Å². The molecule has 21 heavy (non-hydrogen) atoms. The van der Waals surface area contributed by atoms with Crippen LogP contribution in [-0.2, 0) is 0 Å². The smallest absolute Gasteiger partial charge is 0.118 e. The molecule has 0 atom stereocenters. The van der Waals surface area contributed by atoms with Crippen LogP contribution in [0.3, 0.4) is 0 Å². The van der Waals surface area contributed by atoms with Crippen LogP contribution in [0.4, 0.5) is 0 Å². The van der Waals surface area contributed by atoms with Crippen LogP contribution < -0.4 is 0 Å². The van der Waals surface area contributed by atoms with Crippen LogP contribution in [0.25, 0.3) is 22.5 Å². The molecule has 0 aliphatic heterocycles. The number of rotatable bonds is 2. The highest BCUT2D eigenvalue weighted by Gasteiger charge is 2.14. The Morgan fingerprint density at radius 1 is 0.857 bits per heavy atom. The van der Waals surface area contributed by atoms with Crippen molar-refractivity contribution in [2.75, 3.05) is 0 Å². The Hall–Kier alpha value is -2.17. The Morgan fingerprint density at radius 2 is 1.48 bits per heavy atom. The monoisotopic (exact) mass is 320 g/mol. The molecule has 0 spiro atoms. The van der Waals surface area contributed by atoms with Crippen molar-refractivity contribution >= 4 is 23.2 Å². The minimum Gasteiger partial charge on any atom is -0.508 e. The number of hydrogen-bond acceptors (Lipinski definition) is 3. The zero-order valence-electron chi connectivity index (χ0n) is 10.6. The predicted octanol–water partition coefficient (Wildman–Crippen LogP) is 4.46. The number of aromatic amines is 1. The zero-order chi connectivity index (χ0) is 15.0. The average molecular weight is 321 g/mol. The Balaban J connectivity index is 2.05. The topological polar surface area (TPSA) is 69.1 Å². The van der Waals surface area contributed by atoms with Gasteiger partial charge in [0.05, 0.1) is 21.4 Å². The summed E-state index contributed by atoms with van der Waals surface area (Å²) in [4.78, 5) is 0. The number of halogens is 2. The number of nitrogens with one attached hydrogen (secondary N) is 1. The quantitative estimate of drug-likeness (QED) is 0.652. The van der Waals surface area contributed by atoms with Crippen LogP contribution in [0.1, 0.15) is 0 Å². The molecule has 0 unspecified atom stereocenters. The number of phenolic OH excluding ortho intramolecular Hbond substituents is 2. The number of aromatic nitrogens is 2. The summed E-state index contributed by atoms with van der Waals surface area (Å²) in [6.07, 6.45) is 0. The van der Waals surface area contributed by atoms with E-state index in [2.05, 4.69) is 10.2 Å². The Bertz CT molecular complexity index is 775. The summed E-state index contributed by atoms with van der Waals surface area (Å²) >= 11 is 12.2. The van der Waals surface area contributed by atoms with Crippen LogP contribution in [0, 0.1) is 0 Å². The van der Waals surface area contributed by atoms with Gasteiger partial charge in [-0.1, -0.05) is 23.2 Å². The fraction of sp³-hybridized carbons (Fsp3) is 0. The summed E-state index contributed by atoms with van der Waals surface area (Å²) in [6, 6.07) is 11.3. The predicted molar refractivity (Wildman–Crippen MR) is 82.8 cm³/mol. The lowest BCUT2D eigenvalue weighted by Crippen LogP contribution is -1.82. The van der Waals surface area contributed by atoms with Gasteiger partial charge in [-0.3, -0.25) is 5.10 Å². The van der Waals surface area contributed by atoms with Gasteiger partial charge in [-0.15, -0.1) is 0 Å². The van der Waals surface area contributed by atoms with E-state index in [1.165, 1.54) is 12.1 Å². The molecule has 0 fully saturated rings. The van der Waals surface area contributed by atoms with Crippen LogP contribution in [0.15, 0.2) is 42.5 Å². The number of benzene rings is 2. The maximum atomic E-state index is 9.46. The summed E-state index contributed by atoms with van der Waals surface area (Å²) in [5.74, 6) is 0.200. The van der Waals surface area contributed by atoms with E-state index in [-0.39, 0.29) is 11.5 Å². The van der Waals surface area contributed by atoms with Gasteiger partial charge in [0, 0.05) is 11.1 Å². The first kappa shape index (κ1) is 13.8. The molecular formula is C15H10Cl2N2O2. The number of H-pyrrole nitrogens is 1. The van der Waals surface area contributed by atoms with Gasteiger partial charge in [0.15, 0.2) is 0 Å². The molecule has 1 heterocycles. The summed E-state index contributed by atoms with van der Waals surface area (Å²) < 4.78 is 0. The number of nitrogens with zero attached hydrogens (tertiary/aromatic N) is 1. The number of aromatic hydroxyl groups is 2. The normalized spacial score (nSPS) is 10.8. The van der Waals surface area contributed by atoms with Gasteiger partial charge >= 0.3 is 0 Å². The standard InChI is InChI=1S/C15H10Cl2N2O2/c16-11-5-10(21)6-12(17)15(11)14-7-13(18-19-14)8-1-3-9(20)4-2-8/h1-7,20-21H,(H,18,19). The molecule has 2 aromatic carbocycles. The minimum atomic E-state index is 0.00650. The molecular weight excluding hydrogens is 311 g/mol. The van der Waals surface area contributed by atoms with E-state index in [4.69, 9.17) is 23.2 Å². The Labute approximate surface area is 130 Å². The van der Waals surface area contributed by atoms with Crippen LogP contribution in [0.2, 0.25) is 10.0 Å². The third kappa shape index (κ3) is 2.68. The maximum absolute atomic E-state index is 9.46. The van der Waals surface area contributed by atoms with Crippen molar-refractivity contribution in [3.63, 3.8) is 0 Å². The van der Waals surface area contributed by atoms with Crippen molar-refractivity contribution in [1.29, 1.82) is 0 Å². The minimum absolute atomic E-state index is 0.00650. The van der Waals surface area contributed by atoms with Crippen LogP contribution >= 0.6 is 23.2 Å². The summed E-state index contributed by atoms with van der Waals surface area (Å²) in [7, 11) is 0. The summed E-state index contributed by atoms with van der Waals surface area (Å²) in [5.41, 5.74) is 2.77. The van der Waals surface area contributed by atoms with E-state index in [1.54, 1.807) is 30.3 Å². The highest BCUT2D eigenvalue weighted by Crippen LogP contribution is 2.37. The van der Waals surface area contributed by atoms with E-state index in [0.717, 1.165) is 5.56 Å². The van der Waals surface area contributed by atoms with E-state index < -0.39 is 0 Å². The number of phenols is 2. The Morgan fingerprint density at radius 3 is 2.10 bits per heavy atom. The molecule has 1 aromatic heterocycles. The Kier molecular flexibility index (Phi) is 3.49. The highest BCUT2D eigenvalue weighted by molar-refractivity contribution is 6.39. The van der Waals surface area contributed by atoms with Gasteiger partial charge in [0.25, 0.3) is 0 Å². The largest absolute Gasteiger partial charge is 0.508 e. The molecule has 0 aliphatic carbocycles. The molecule has 3 rings (SSSR count). The second-order valence-corrected chi connectivity index (χ2v) is 5.31. The number of hydrogen-bond donors (Lipinski definition) is 3. The third-order valence-corrected chi connectivity index (χ3v) is 3.63. The summed E-state index contributed by atoms with van der Waals surface area (Å²) in [6.45, 7) is 0. The molecule has 3 aromatic rings. The molecule has 0 amide bonds. The van der Waals surface area contributed by atoms with E-state index in [9.17, 15) is 10.2 Å². The van der Waals surface area contributed by atoms with Crippen molar-refractivity contribution < 1.29 is 10.2 Å². The average Bonchev–Trinajstić information content (AvgIpc) is 2.87. The van der Waals surface area contributed by atoms with Gasteiger partial charge in [-0.2, -0.15) is 5.10 Å². The lowest BCUT2D eigenvalue weighted by atomic mass is 10.1. The van der Waals surface area contributed by atoms with Gasteiger partial charge < -0.3 is 10.2 Å². The van der Waals surface area contributed by atoms with Crippen molar-refractivity contribution in [2.24, 2.45) is 0 Å². The van der Waals surface area contributed by atoms with Crippen LogP contribution in [-0.4, -0.2) is 20.4 Å². The van der Waals surface area contributed by atoms with Gasteiger partial charge in [-0.05, 0) is 42.5 Å². The van der Waals surface area contributed by atoms with Crippen molar-refractivity contribution in [1.82, 2.24) is 10.2 Å². The molecule has 4 nitrogen and oxygen atoms in total. The van der Waals surface area contributed by atoms with Gasteiger partial charge in [-0.25, -0.2) is 0 Å². The lowest BCUT2D eigenvalue weighted by molar-refractivity contribution is 0.475. The molecule has 0 saturated heterocycles. The van der Waals surface area contributed by atoms with E-state index in [0.29, 0.717) is 27.0 Å². The molecule has 0 radical (unpaired) electrons.